The minimum Gasteiger partial charge on any atom is -0.396 e. The molecule has 1 saturated heterocycles. The van der Waals surface area contributed by atoms with Crippen LogP contribution in [0.1, 0.15) is 51.1 Å². The van der Waals surface area contributed by atoms with Crippen LogP contribution in [0, 0.1) is 29.6 Å². The Bertz CT molecular complexity index is 876. The maximum absolute atomic E-state index is 13.5. The summed E-state index contributed by atoms with van der Waals surface area (Å²) in [7, 11) is -3.73. The second-order valence-corrected chi connectivity index (χ2v) is 12.1. The molecule has 1 aliphatic heterocycles. The minimum absolute atomic E-state index is 0.00557. The minimum atomic E-state index is -3.73. The number of aromatic nitrogens is 1. The average Bonchev–Trinajstić information content (AvgIpc) is 2.65. The van der Waals surface area contributed by atoms with Gasteiger partial charge in [-0.25, -0.2) is 13.4 Å². The number of sulfonamides is 1. The topological polar surface area (TPSA) is 103 Å². The number of hydrogen-bond acceptors (Lipinski definition) is 6. The van der Waals surface area contributed by atoms with E-state index in [1.807, 2.05) is 13.8 Å². The largest absolute Gasteiger partial charge is 0.396 e. The van der Waals surface area contributed by atoms with E-state index in [-0.39, 0.29) is 35.4 Å². The van der Waals surface area contributed by atoms with E-state index in [4.69, 9.17) is 0 Å². The van der Waals surface area contributed by atoms with Crippen molar-refractivity contribution in [3.63, 3.8) is 0 Å². The van der Waals surface area contributed by atoms with Gasteiger partial charge in [-0.1, -0.05) is 13.3 Å². The zero-order valence-corrected chi connectivity index (χ0v) is 18.9. The third-order valence-electron chi connectivity index (χ3n) is 7.47. The third-order valence-corrected chi connectivity index (χ3v) is 9.33. The van der Waals surface area contributed by atoms with Gasteiger partial charge in [0.1, 0.15) is 10.7 Å². The summed E-state index contributed by atoms with van der Waals surface area (Å²) in [5.41, 5.74) is 0.982. The zero-order chi connectivity index (χ0) is 21.6. The van der Waals surface area contributed by atoms with Gasteiger partial charge in [-0.15, -0.1) is 0 Å². The summed E-state index contributed by atoms with van der Waals surface area (Å²) in [6.07, 6.45) is 6.60. The van der Waals surface area contributed by atoms with Crippen LogP contribution in [-0.4, -0.2) is 60.8 Å². The summed E-state index contributed by atoms with van der Waals surface area (Å²) in [5.74, 6) is 0.535. The van der Waals surface area contributed by atoms with Gasteiger partial charge in [-0.2, -0.15) is 4.31 Å². The van der Waals surface area contributed by atoms with Crippen molar-refractivity contribution in [3.05, 3.63) is 17.8 Å². The molecule has 30 heavy (non-hydrogen) atoms. The molecule has 3 aliphatic rings. The molecule has 1 aromatic rings. The quantitative estimate of drug-likeness (QED) is 0.605. The van der Waals surface area contributed by atoms with Crippen LogP contribution in [0.5, 0.6) is 0 Å². The smallest absolute Gasteiger partial charge is 0.246 e. The lowest BCUT2D eigenvalue weighted by atomic mass is 9.45. The third kappa shape index (κ3) is 3.99. The molecule has 2 unspecified atom stereocenters. The number of nitrogens with zero attached hydrogens (tertiary/aromatic N) is 2. The summed E-state index contributed by atoms with van der Waals surface area (Å²) in [6.45, 7) is 5.29. The molecule has 3 N–H and O–H groups in total. The molecule has 2 heterocycles. The van der Waals surface area contributed by atoms with Crippen molar-refractivity contribution in [1.29, 1.82) is 0 Å². The summed E-state index contributed by atoms with van der Waals surface area (Å²) in [4.78, 5) is 4.70. The van der Waals surface area contributed by atoms with Gasteiger partial charge in [0.2, 0.25) is 10.0 Å². The lowest BCUT2D eigenvalue weighted by Gasteiger charge is -2.60. The Balaban J connectivity index is 1.54. The first-order chi connectivity index (χ1) is 14.2. The summed E-state index contributed by atoms with van der Waals surface area (Å²) >= 11 is 0. The van der Waals surface area contributed by atoms with Gasteiger partial charge < -0.3 is 15.5 Å². The number of nitrogens with one attached hydrogen (secondary N) is 1. The van der Waals surface area contributed by atoms with Crippen molar-refractivity contribution in [2.75, 3.05) is 38.2 Å². The molecule has 168 valence electrons. The van der Waals surface area contributed by atoms with E-state index >= 15 is 0 Å². The zero-order valence-electron chi connectivity index (χ0n) is 18.1. The first-order valence-corrected chi connectivity index (χ1v) is 12.6. The number of aliphatic hydroxyl groups excluding tert-OH is 2. The van der Waals surface area contributed by atoms with E-state index in [0.717, 1.165) is 25.0 Å². The Labute approximate surface area is 179 Å². The monoisotopic (exact) mass is 437 g/mol. The first-order valence-electron chi connectivity index (χ1n) is 11.1. The first kappa shape index (κ1) is 22.0. The van der Waals surface area contributed by atoms with Crippen molar-refractivity contribution < 1.29 is 18.6 Å². The van der Waals surface area contributed by atoms with Gasteiger partial charge in [0.15, 0.2) is 0 Å². The molecule has 2 saturated carbocycles. The van der Waals surface area contributed by atoms with E-state index in [2.05, 4.69) is 10.3 Å². The van der Waals surface area contributed by atoms with Crippen LogP contribution in [-0.2, 0) is 10.0 Å². The van der Waals surface area contributed by atoms with Gasteiger partial charge in [0.05, 0.1) is 6.61 Å². The van der Waals surface area contributed by atoms with Crippen LogP contribution in [0.2, 0.25) is 0 Å². The van der Waals surface area contributed by atoms with Gasteiger partial charge >= 0.3 is 0 Å². The number of piperidine rings is 1. The molecular formula is C22H35N3O4S. The van der Waals surface area contributed by atoms with E-state index in [1.165, 1.54) is 23.6 Å². The van der Waals surface area contributed by atoms with Crippen molar-refractivity contribution in [3.8, 4) is 0 Å². The number of anilines is 1. The molecule has 1 spiro atoms. The number of rotatable bonds is 7. The van der Waals surface area contributed by atoms with E-state index < -0.39 is 10.0 Å². The highest BCUT2D eigenvalue weighted by molar-refractivity contribution is 7.89. The number of aliphatic hydroxyl groups is 2. The molecule has 0 amide bonds. The fraction of sp³-hybridized carbons (Fsp3) is 0.773. The maximum Gasteiger partial charge on any atom is 0.246 e. The van der Waals surface area contributed by atoms with E-state index in [9.17, 15) is 18.6 Å². The summed E-state index contributed by atoms with van der Waals surface area (Å²) < 4.78 is 28.4. The van der Waals surface area contributed by atoms with Crippen LogP contribution in [0.15, 0.2) is 17.0 Å². The normalized spacial score (nSPS) is 28.0. The maximum atomic E-state index is 13.5. The van der Waals surface area contributed by atoms with Crippen LogP contribution in [0.4, 0.5) is 5.82 Å². The second-order valence-electron chi connectivity index (χ2n) is 10.2. The van der Waals surface area contributed by atoms with Gasteiger partial charge in [0.25, 0.3) is 0 Å². The number of pyridine rings is 1. The molecule has 0 radical (unpaired) electrons. The fourth-order valence-electron chi connectivity index (χ4n) is 5.91. The molecule has 7 nitrogen and oxygen atoms in total. The summed E-state index contributed by atoms with van der Waals surface area (Å²) in [6, 6.07) is 3.36. The Morgan fingerprint density at radius 3 is 2.57 bits per heavy atom. The predicted molar refractivity (Wildman–Crippen MR) is 116 cm³/mol. The Morgan fingerprint density at radius 1 is 1.23 bits per heavy atom. The van der Waals surface area contributed by atoms with Crippen LogP contribution in [0.3, 0.4) is 0 Å². The molecule has 0 aromatic carbocycles. The highest BCUT2D eigenvalue weighted by Gasteiger charge is 2.56. The Kier molecular flexibility index (Phi) is 5.89. The highest BCUT2D eigenvalue weighted by Crippen LogP contribution is 2.64. The Morgan fingerprint density at radius 2 is 1.97 bits per heavy atom. The molecule has 1 aromatic heterocycles. The standard InChI is InChI=1S/C22H35N3O4S/c1-16-8-18(11-26)10-25(9-16)30(28,29)19-5-4-17(2)24-20(19)23-14-22(15-27)12-21(13-22)6-3-7-21/h4-5,16,18,26-27H,3,6-15H2,1-2H3,(H,23,24). The van der Waals surface area contributed by atoms with Crippen LogP contribution in [0.25, 0.3) is 0 Å². The van der Waals surface area contributed by atoms with Crippen LogP contribution < -0.4 is 5.32 Å². The lowest BCUT2D eigenvalue weighted by molar-refractivity contribution is -0.113. The lowest BCUT2D eigenvalue weighted by Crippen LogP contribution is -2.55. The molecule has 3 fully saturated rings. The average molecular weight is 438 g/mol. The SMILES string of the molecule is Cc1ccc(S(=O)(=O)N2CC(C)CC(CO)C2)c(NCC2(CO)CC3(CCC3)C2)n1. The van der Waals surface area contributed by atoms with Crippen molar-refractivity contribution >= 4 is 15.8 Å². The van der Waals surface area contributed by atoms with Gasteiger partial charge in [-0.05, 0) is 68.4 Å². The molecular weight excluding hydrogens is 402 g/mol. The number of hydrogen-bond donors (Lipinski definition) is 3. The van der Waals surface area contributed by atoms with E-state index in [0.29, 0.717) is 30.9 Å². The van der Waals surface area contributed by atoms with Gasteiger partial charge in [0, 0.05) is 37.4 Å². The van der Waals surface area contributed by atoms with E-state index in [1.54, 1.807) is 12.1 Å². The van der Waals surface area contributed by atoms with Crippen LogP contribution >= 0.6 is 0 Å². The highest BCUT2D eigenvalue weighted by atomic mass is 32.2. The predicted octanol–water partition coefficient (Wildman–Crippen LogP) is 2.38. The van der Waals surface area contributed by atoms with Gasteiger partial charge in [-0.3, -0.25) is 0 Å². The summed E-state index contributed by atoms with van der Waals surface area (Å²) in [5, 5.41) is 22.9. The molecule has 4 rings (SSSR count). The molecule has 2 atom stereocenters. The van der Waals surface area contributed by atoms with Crippen molar-refractivity contribution in [2.24, 2.45) is 22.7 Å². The van der Waals surface area contributed by atoms with Crippen molar-refractivity contribution in [2.45, 2.75) is 57.3 Å². The number of aryl methyl sites for hydroxylation is 1. The second kappa shape index (κ2) is 8.04. The fourth-order valence-corrected chi connectivity index (χ4v) is 7.65. The Hall–Kier alpha value is -1.22. The molecule has 8 heteroatoms. The molecule has 2 aliphatic carbocycles. The van der Waals surface area contributed by atoms with Crippen molar-refractivity contribution in [1.82, 2.24) is 9.29 Å². The molecule has 0 bridgehead atoms.